The number of halogens is 6. The molecule has 190 valence electrons. The average Bonchev–Trinajstić information content (AvgIpc) is 3.63. The van der Waals surface area contributed by atoms with E-state index >= 15 is 0 Å². The van der Waals surface area contributed by atoms with Crippen LogP contribution in [0.1, 0.15) is 40.5 Å². The molecule has 0 atom stereocenters. The summed E-state index contributed by atoms with van der Waals surface area (Å²) in [6.45, 7) is -0.825. The first-order valence-corrected chi connectivity index (χ1v) is 11.3. The molecule has 2 amide bonds. The fraction of sp³-hybridized carbons (Fsp3) is 0.348. The van der Waals surface area contributed by atoms with Gasteiger partial charge in [-0.3, -0.25) is 9.59 Å². The van der Waals surface area contributed by atoms with Gasteiger partial charge in [0.15, 0.2) is 17.3 Å². The van der Waals surface area contributed by atoms with Crippen molar-refractivity contribution >= 4 is 34.6 Å². The second-order valence-electron chi connectivity index (χ2n) is 8.59. The van der Waals surface area contributed by atoms with Crippen molar-refractivity contribution in [3.05, 3.63) is 57.9 Å². The van der Waals surface area contributed by atoms with Crippen LogP contribution in [0, 0.1) is 11.6 Å². The Labute approximate surface area is 206 Å². The third-order valence-corrected chi connectivity index (χ3v) is 6.66. The molecule has 0 N–H and O–H groups in total. The first-order valence-electron chi connectivity index (χ1n) is 10.9. The lowest BCUT2D eigenvalue weighted by Gasteiger charge is -2.34. The summed E-state index contributed by atoms with van der Waals surface area (Å²) in [4.78, 5) is 27.9. The van der Waals surface area contributed by atoms with Crippen LogP contribution in [0.15, 0.2) is 24.3 Å². The monoisotopic (exact) mass is 528 g/mol. The van der Waals surface area contributed by atoms with E-state index in [0.717, 1.165) is 28.7 Å². The molecule has 1 saturated heterocycles. The number of aromatic nitrogens is 2. The molecule has 0 bridgehead atoms. The standard InChI is InChI=1S/C23H18ClF5N4O3/c1-36-15-5-4-13(19(25)20(15)26)32-7-6-31(10-17(32)34)22(35)21-18(24)14-8-12(11-2-3-11)9-16(23(27,28)29)33(14)30-21/h4-5,8-9,11H,2-3,6-7,10H2,1H3. The predicted molar refractivity (Wildman–Crippen MR) is 118 cm³/mol. The number of anilines is 1. The molecular formula is C23H18ClF5N4O3. The summed E-state index contributed by atoms with van der Waals surface area (Å²) in [6, 6.07) is 4.85. The Morgan fingerprint density at radius 1 is 1.14 bits per heavy atom. The lowest BCUT2D eigenvalue weighted by molar-refractivity contribution is -0.142. The second kappa shape index (κ2) is 8.61. The maximum absolute atomic E-state index is 14.5. The van der Waals surface area contributed by atoms with E-state index in [1.54, 1.807) is 0 Å². The van der Waals surface area contributed by atoms with Crippen LogP contribution in [0.25, 0.3) is 5.52 Å². The van der Waals surface area contributed by atoms with E-state index in [-0.39, 0.29) is 41.0 Å². The first-order chi connectivity index (χ1) is 17.0. The molecule has 7 nitrogen and oxygen atoms in total. The molecule has 3 heterocycles. The lowest BCUT2D eigenvalue weighted by atomic mass is 10.1. The predicted octanol–water partition coefficient (Wildman–Crippen LogP) is 4.66. The van der Waals surface area contributed by atoms with Crippen LogP contribution in [-0.2, 0) is 11.0 Å². The largest absolute Gasteiger partial charge is 0.494 e. The second-order valence-corrected chi connectivity index (χ2v) is 8.97. The number of fused-ring (bicyclic) bond motifs is 1. The SMILES string of the molecule is COc1ccc(N2CCN(C(=O)c3nn4c(C(F)(F)F)cc(C5CC5)cc4c3Cl)CC2=O)c(F)c1F. The van der Waals surface area contributed by atoms with Crippen molar-refractivity contribution in [2.24, 2.45) is 0 Å². The lowest BCUT2D eigenvalue weighted by Crippen LogP contribution is -2.52. The summed E-state index contributed by atoms with van der Waals surface area (Å²) in [7, 11) is 1.17. The zero-order chi connectivity index (χ0) is 25.9. The van der Waals surface area contributed by atoms with E-state index in [1.165, 1.54) is 25.3 Å². The van der Waals surface area contributed by atoms with Gasteiger partial charge in [-0.2, -0.15) is 22.7 Å². The normalized spacial score (nSPS) is 16.7. The summed E-state index contributed by atoms with van der Waals surface area (Å²) >= 11 is 6.32. The molecule has 13 heteroatoms. The highest BCUT2D eigenvalue weighted by atomic mass is 35.5. The molecule has 1 saturated carbocycles. The van der Waals surface area contributed by atoms with Crippen molar-refractivity contribution in [1.29, 1.82) is 0 Å². The number of rotatable bonds is 4. The fourth-order valence-electron chi connectivity index (χ4n) is 4.27. The van der Waals surface area contributed by atoms with E-state index in [2.05, 4.69) is 5.10 Å². The van der Waals surface area contributed by atoms with Crippen LogP contribution >= 0.6 is 11.6 Å². The zero-order valence-corrected chi connectivity index (χ0v) is 19.5. The Hall–Kier alpha value is -3.41. The molecule has 1 aromatic carbocycles. The molecule has 2 aliphatic rings. The third-order valence-electron chi connectivity index (χ3n) is 6.28. The number of methoxy groups -OCH3 is 1. The average molecular weight is 529 g/mol. The fourth-order valence-corrected chi connectivity index (χ4v) is 4.52. The van der Waals surface area contributed by atoms with Crippen molar-refractivity contribution in [1.82, 2.24) is 14.5 Å². The van der Waals surface area contributed by atoms with Crippen LogP contribution in [0.3, 0.4) is 0 Å². The number of alkyl halides is 3. The minimum absolute atomic E-state index is 0.00453. The van der Waals surface area contributed by atoms with Crippen LogP contribution in [-0.4, -0.2) is 53.1 Å². The van der Waals surface area contributed by atoms with E-state index in [0.29, 0.717) is 10.1 Å². The van der Waals surface area contributed by atoms with E-state index in [9.17, 15) is 31.5 Å². The summed E-state index contributed by atoms with van der Waals surface area (Å²) in [6.07, 6.45) is -3.22. The van der Waals surface area contributed by atoms with E-state index in [4.69, 9.17) is 16.3 Å². The molecule has 0 spiro atoms. The number of ether oxygens (including phenoxy) is 1. The van der Waals surface area contributed by atoms with Crippen LogP contribution < -0.4 is 9.64 Å². The minimum Gasteiger partial charge on any atom is -0.494 e. The highest BCUT2D eigenvalue weighted by Crippen LogP contribution is 2.43. The number of amides is 2. The smallest absolute Gasteiger partial charge is 0.433 e. The van der Waals surface area contributed by atoms with Crippen molar-refractivity contribution in [2.75, 3.05) is 31.6 Å². The topological polar surface area (TPSA) is 67.2 Å². The van der Waals surface area contributed by atoms with Gasteiger partial charge in [0.05, 0.1) is 23.3 Å². The van der Waals surface area contributed by atoms with Gasteiger partial charge >= 0.3 is 6.18 Å². The Kier molecular flexibility index (Phi) is 5.81. The third kappa shape index (κ3) is 4.02. The molecule has 0 unspecified atom stereocenters. The Morgan fingerprint density at radius 3 is 2.47 bits per heavy atom. The minimum atomic E-state index is -4.74. The van der Waals surface area contributed by atoms with Crippen molar-refractivity contribution in [2.45, 2.75) is 24.9 Å². The number of hydrogen-bond donors (Lipinski definition) is 0. The van der Waals surface area contributed by atoms with Crippen LogP contribution in [0.4, 0.5) is 27.6 Å². The van der Waals surface area contributed by atoms with Gasteiger partial charge in [-0.15, -0.1) is 0 Å². The molecule has 2 fully saturated rings. The summed E-state index contributed by atoms with van der Waals surface area (Å²) < 4.78 is 75.1. The van der Waals surface area contributed by atoms with Gasteiger partial charge in [-0.1, -0.05) is 11.6 Å². The van der Waals surface area contributed by atoms with Crippen LogP contribution in [0.2, 0.25) is 5.02 Å². The quantitative estimate of drug-likeness (QED) is 0.462. The molecule has 0 radical (unpaired) electrons. The molecule has 5 rings (SSSR count). The zero-order valence-electron chi connectivity index (χ0n) is 18.7. The van der Waals surface area contributed by atoms with Gasteiger partial charge in [0, 0.05) is 13.1 Å². The summed E-state index contributed by atoms with van der Waals surface area (Å²) in [5, 5.41) is 3.59. The molecule has 36 heavy (non-hydrogen) atoms. The van der Waals surface area contributed by atoms with Gasteiger partial charge in [0.1, 0.15) is 12.2 Å². The van der Waals surface area contributed by atoms with Gasteiger partial charge in [0.2, 0.25) is 11.7 Å². The summed E-state index contributed by atoms with van der Waals surface area (Å²) in [5.41, 5.74) is -1.40. The van der Waals surface area contributed by atoms with Gasteiger partial charge in [0.25, 0.3) is 5.91 Å². The van der Waals surface area contributed by atoms with Gasteiger partial charge in [-0.25, -0.2) is 8.91 Å². The Balaban J connectivity index is 1.43. The molecule has 1 aliphatic heterocycles. The number of piperazine rings is 1. The van der Waals surface area contributed by atoms with Crippen molar-refractivity contribution < 1.29 is 36.3 Å². The number of pyridine rings is 1. The van der Waals surface area contributed by atoms with E-state index < -0.39 is 47.6 Å². The Morgan fingerprint density at radius 2 is 1.86 bits per heavy atom. The Bertz CT molecular complexity index is 1400. The molecule has 1 aliphatic carbocycles. The van der Waals surface area contributed by atoms with Crippen molar-refractivity contribution in [3.63, 3.8) is 0 Å². The maximum Gasteiger partial charge on any atom is 0.433 e. The molecule has 3 aromatic rings. The number of carbonyl (C=O) groups excluding carboxylic acids is 2. The first kappa shape index (κ1) is 24.3. The highest BCUT2D eigenvalue weighted by Gasteiger charge is 2.39. The van der Waals surface area contributed by atoms with Crippen LogP contribution in [0.5, 0.6) is 5.75 Å². The molecular weight excluding hydrogens is 511 g/mol. The maximum atomic E-state index is 14.5. The molecule has 2 aromatic heterocycles. The van der Waals surface area contributed by atoms with Crippen molar-refractivity contribution in [3.8, 4) is 5.75 Å². The number of hydrogen-bond acceptors (Lipinski definition) is 4. The summed E-state index contributed by atoms with van der Waals surface area (Å²) in [5.74, 6) is -4.44. The van der Waals surface area contributed by atoms with E-state index in [1.807, 2.05) is 0 Å². The number of nitrogens with zero attached hydrogens (tertiary/aromatic N) is 4. The van der Waals surface area contributed by atoms with Gasteiger partial charge in [-0.05, 0) is 48.6 Å². The highest BCUT2D eigenvalue weighted by molar-refractivity contribution is 6.36. The number of benzene rings is 1. The van der Waals surface area contributed by atoms with Gasteiger partial charge < -0.3 is 14.5 Å². The number of carbonyl (C=O) groups is 2.